The van der Waals surface area contributed by atoms with Gasteiger partial charge in [-0.15, -0.1) is 0 Å². The summed E-state index contributed by atoms with van der Waals surface area (Å²) in [4.78, 5) is 1.15. The van der Waals surface area contributed by atoms with Gasteiger partial charge in [-0.3, -0.25) is 5.32 Å². The van der Waals surface area contributed by atoms with Gasteiger partial charge in [-0.2, -0.15) is 0 Å². The van der Waals surface area contributed by atoms with Crippen molar-refractivity contribution in [3.8, 4) is 0 Å². The van der Waals surface area contributed by atoms with Gasteiger partial charge in [0.2, 0.25) is 0 Å². The summed E-state index contributed by atoms with van der Waals surface area (Å²) in [5, 5.41) is 6.34. The molecule has 0 spiro atoms. The van der Waals surface area contributed by atoms with Crippen molar-refractivity contribution >= 4 is 11.8 Å². The van der Waals surface area contributed by atoms with E-state index in [9.17, 15) is 0 Å². The number of allylic oxidation sites excluding steroid dienone is 2. The SMILES string of the molecule is C=CC1=C(C=C)SC(NC)N1. The van der Waals surface area contributed by atoms with E-state index in [-0.39, 0.29) is 5.50 Å². The summed E-state index contributed by atoms with van der Waals surface area (Å²) in [7, 11) is 1.91. The minimum absolute atomic E-state index is 0.260. The third kappa shape index (κ3) is 1.67. The molecule has 60 valence electrons. The van der Waals surface area contributed by atoms with E-state index >= 15 is 0 Å². The first-order valence-corrected chi connectivity index (χ1v) is 4.29. The van der Waals surface area contributed by atoms with E-state index in [1.807, 2.05) is 13.1 Å². The molecule has 2 N–H and O–H groups in total. The van der Waals surface area contributed by atoms with E-state index in [1.165, 1.54) is 0 Å². The molecule has 2 nitrogen and oxygen atoms in total. The zero-order valence-corrected chi connectivity index (χ0v) is 7.37. The summed E-state index contributed by atoms with van der Waals surface area (Å²) >= 11 is 1.71. The minimum atomic E-state index is 0.260. The van der Waals surface area contributed by atoms with Gasteiger partial charge in [-0.1, -0.05) is 31.0 Å². The lowest BCUT2D eigenvalue weighted by molar-refractivity contribution is 0.677. The number of hydrogen-bond acceptors (Lipinski definition) is 3. The van der Waals surface area contributed by atoms with Crippen molar-refractivity contribution < 1.29 is 0 Å². The van der Waals surface area contributed by atoms with E-state index in [1.54, 1.807) is 17.8 Å². The molecule has 0 bridgehead atoms. The second-order valence-electron chi connectivity index (χ2n) is 2.12. The van der Waals surface area contributed by atoms with Crippen molar-refractivity contribution in [1.82, 2.24) is 10.6 Å². The Morgan fingerprint density at radius 1 is 1.55 bits per heavy atom. The van der Waals surface area contributed by atoms with Crippen LogP contribution in [-0.4, -0.2) is 12.5 Å². The third-order valence-corrected chi connectivity index (χ3v) is 2.68. The van der Waals surface area contributed by atoms with Crippen LogP contribution in [0.1, 0.15) is 0 Å². The quantitative estimate of drug-likeness (QED) is 0.666. The van der Waals surface area contributed by atoms with Crippen LogP contribution in [0.2, 0.25) is 0 Å². The molecule has 3 heteroatoms. The molecule has 0 fully saturated rings. The molecule has 1 aliphatic heterocycles. The monoisotopic (exact) mass is 168 g/mol. The number of rotatable bonds is 3. The molecule has 0 aromatic heterocycles. The van der Waals surface area contributed by atoms with Gasteiger partial charge < -0.3 is 5.32 Å². The van der Waals surface area contributed by atoms with Crippen LogP contribution >= 0.6 is 11.8 Å². The number of thioether (sulfide) groups is 1. The lowest BCUT2D eigenvalue weighted by atomic mass is 10.4. The van der Waals surface area contributed by atoms with Gasteiger partial charge in [0.1, 0.15) is 5.50 Å². The Bertz CT molecular complexity index is 188. The Morgan fingerprint density at radius 3 is 2.64 bits per heavy atom. The van der Waals surface area contributed by atoms with Crippen molar-refractivity contribution in [1.29, 1.82) is 0 Å². The van der Waals surface area contributed by atoms with Gasteiger partial charge in [-0.05, 0) is 13.1 Å². The van der Waals surface area contributed by atoms with E-state index in [4.69, 9.17) is 0 Å². The molecule has 0 aliphatic carbocycles. The highest BCUT2D eigenvalue weighted by atomic mass is 32.2. The lowest BCUT2D eigenvalue weighted by Crippen LogP contribution is -2.32. The fourth-order valence-corrected chi connectivity index (χ4v) is 1.80. The van der Waals surface area contributed by atoms with E-state index in [0.717, 1.165) is 10.6 Å². The van der Waals surface area contributed by atoms with Gasteiger partial charge in [0, 0.05) is 10.6 Å². The molecule has 0 aromatic rings. The van der Waals surface area contributed by atoms with E-state index in [2.05, 4.69) is 23.8 Å². The molecule has 1 heterocycles. The third-order valence-electron chi connectivity index (χ3n) is 1.45. The molecule has 1 aliphatic rings. The highest BCUT2D eigenvalue weighted by Crippen LogP contribution is 2.29. The highest BCUT2D eigenvalue weighted by molar-refractivity contribution is 8.04. The van der Waals surface area contributed by atoms with Gasteiger partial charge in [0.05, 0.1) is 0 Å². The summed E-state index contributed by atoms with van der Waals surface area (Å²) in [6, 6.07) is 0. The molecule has 0 saturated heterocycles. The van der Waals surface area contributed by atoms with Gasteiger partial charge in [0.25, 0.3) is 0 Å². The van der Waals surface area contributed by atoms with Crippen molar-refractivity contribution in [2.45, 2.75) is 5.50 Å². The summed E-state index contributed by atoms with van der Waals surface area (Å²) in [6.07, 6.45) is 3.65. The van der Waals surface area contributed by atoms with Crippen molar-refractivity contribution in [2.24, 2.45) is 0 Å². The first-order chi connectivity index (χ1) is 5.31. The average molecular weight is 168 g/mol. The summed E-state index contributed by atoms with van der Waals surface area (Å²) < 4.78 is 0. The van der Waals surface area contributed by atoms with Gasteiger partial charge in [0.15, 0.2) is 0 Å². The van der Waals surface area contributed by atoms with E-state index in [0.29, 0.717) is 0 Å². The largest absolute Gasteiger partial charge is 0.360 e. The molecular formula is C8H12N2S. The molecular weight excluding hydrogens is 156 g/mol. The van der Waals surface area contributed by atoms with Crippen LogP contribution in [0.3, 0.4) is 0 Å². The van der Waals surface area contributed by atoms with Crippen LogP contribution in [-0.2, 0) is 0 Å². The normalized spacial score (nSPS) is 23.2. The Labute approximate surface area is 71.4 Å². The molecule has 11 heavy (non-hydrogen) atoms. The van der Waals surface area contributed by atoms with Gasteiger partial charge >= 0.3 is 0 Å². The minimum Gasteiger partial charge on any atom is -0.360 e. The van der Waals surface area contributed by atoms with E-state index < -0.39 is 0 Å². The zero-order valence-electron chi connectivity index (χ0n) is 6.55. The molecule has 1 atom stereocenters. The Morgan fingerprint density at radius 2 is 2.27 bits per heavy atom. The van der Waals surface area contributed by atoms with Crippen LogP contribution < -0.4 is 10.6 Å². The zero-order chi connectivity index (χ0) is 8.27. The van der Waals surface area contributed by atoms with Crippen LogP contribution in [0.15, 0.2) is 35.9 Å². The van der Waals surface area contributed by atoms with Crippen molar-refractivity contribution in [3.63, 3.8) is 0 Å². The smallest absolute Gasteiger partial charge is 0.130 e. The average Bonchev–Trinajstić information content (AvgIpc) is 2.46. The predicted octanol–water partition coefficient (Wildman–Crippen LogP) is 1.41. The standard InChI is InChI=1S/C8H12N2S/c1-4-6-7(5-2)11-8(9-3)10-6/h4-5,8-10H,1-2H2,3H3. The van der Waals surface area contributed by atoms with Crippen LogP contribution in [0.5, 0.6) is 0 Å². The maximum atomic E-state index is 3.72. The fourth-order valence-electron chi connectivity index (χ4n) is 0.881. The first-order valence-electron chi connectivity index (χ1n) is 3.41. The molecule has 0 saturated carbocycles. The summed E-state index contributed by atoms with van der Waals surface area (Å²) in [6.45, 7) is 7.42. The molecule has 0 aromatic carbocycles. The van der Waals surface area contributed by atoms with Crippen LogP contribution in [0, 0.1) is 0 Å². The Hall–Kier alpha value is -0.670. The van der Waals surface area contributed by atoms with Crippen molar-refractivity contribution in [2.75, 3.05) is 7.05 Å². The van der Waals surface area contributed by atoms with Gasteiger partial charge in [-0.25, -0.2) is 0 Å². The first kappa shape index (κ1) is 8.43. The van der Waals surface area contributed by atoms with Crippen LogP contribution in [0.25, 0.3) is 0 Å². The molecule has 0 radical (unpaired) electrons. The molecule has 1 unspecified atom stereocenters. The fraction of sp³-hybridized carbons (Fsp3) is 0.250. The molecule has 1 rings (SSSR count). The topological polar surface area (TPSA) is 24.1 Å². The maximum Gasteiger partial charge on any atom is 0.130 e. The highest BCUT2D eigenvalue weighted by Gasteiger charge is 2.18. The number of nitrogens with one attached hydrogen (secondary N) is 2. The second kappa shape index (κ2) is 3.64. The molecule has 0 amide bonds. The number of hydrogen-bond donors (Lipinski definition) is 2. The Balaban J connectivity index is 2.70. The predicted molar refractivity (Wildman–Crippen MR) is 51.0 cm³/mol. The summed E-state index contributed by atoms with van der Waals surface area (Å²) in [5.74, 6) is 0. The summed E-state index contributed by atoms with van der Waals surface area (Å²) in [5.41, 5.74) is 1.32. The van der Waals surface area contributed by atoms with Crippen molar-refractivity contribution in [3.05, 3.63) is 35.9 Å². The Kier molecular flexibility index (Phi) is 2.79. The van der Waals surface area contributed by atoms with Crippen LogP contribution in [0.4, 0.5) is 0 Å². The lowest BCUT2D eigenvalue weighted by Gasteiger charge is -2.08. The second-order valence-corrected chi connectivity index (χ2v) is 3.26. The maximum absolute atomic E-state index is 3.72.